The lowest BCUT2D eigenvalue weighted by atomic mass is 9.87. The van der Waals surface area contributed by atoms with Crippen LogP contribution < -0.4 is 0 Å². The van der Waals surface area contributed by atoms with E-state index in [1.54, 1.807) is 6.92 Å². The molecule has 1 unspecified atom stereocenters. The average Bonchev–Trinajstić information content (AvgIpc) is 2.14. The number of sulfone groups is 1. The number of rotatable bonds is 6. The number of hydrogen-bond donors (Lipinski definition) is 0. The number of halogens is 1. The molecule has 0 aliphatic carbocycles. The van der Waals surface area contributed by atoms with Crippen molar-refractivity contribution in [3.05, 3.63) is 0 Å². The van der Waals surface area contributed by atoms with E-state index in [1.807, 2.05) is 0 Å². The fraction of sp³-hybridized carbons (Fsp3) is 1.00. The fourth-order valence-electron chi connectivity index (χ4n) is 0.884. The molecule has 0 saturated carbocycles. The summed E-state index contributed by atoms with van der Waals surface area (Å²) in [5.74, 6) is 0.578. The minimum Gasteiger partial charge on any atom is -0.229 e. The van der Waals surface area contributed by atoms with Gasteiger partial charge in [-0.15, -0.1) is 0 Å². The smallest absolute Gasteiger partial charge is 0.150 e. The van der Waals surface area contributed by atoms with Crippen molar-refractivity contribution in [1.29, 1.82) is 0 Å². The summed E-state index contributed by atoms with van der Waals surface area (Å²) in [5, 5.41) is 0.871. The van der Waals surface area contributed by atoms with Gasteiger partial charge >= 0.3 is 0 Å². The molecule has 4 heteroatoms. The van der Waals surface area contributed by atoms with E-state index in [0.717, 1.165) is 18.2 Å². The molecule has 0 N–H and O–H groups in total. The van der Waals surface area contributed by atoms with Gasteiger partial charge in [0, 0.05) is 11.1 Å². The van der Waals surface area contributed by atoms with Gasteiger partial charge in [-0.25, -0.2) is 8.42 Å². The summed E-state index contributed by atoms with van der Waals surface area (Å²) in [7, 11) is -2.79. The monoisotopic (exact) mass is 270 g/mol. The third-order valence-electron chi connectivity index (χ3n) is 2.63. The van der Waals surface area contributed by atoms with Gasteiger partial charge in [-0.1, -0.05) is 36.7 Å². The van der Waals surface area contributed by atoms with Gasteiger partial charge in [0.05, 0.1) is 5.75 Å². The normalized spacial score (nSPS) is 16.9. The van der Waals surface area contributed by atoms with Gasteiger partial charge in [-0.05, 0) is 18.3 Å². The predicted molar refractivity (Wildman–Crippen MR) is 61.1 cm³/mol. The molecule has 0 aromatic rings. The summed E-state index contributed by atoms with van der Waals surface area (Å²) >= 11 is 3.43. The van der Waals surface area contributed by atoms with Crippen molar-refractivity contribution >= 4 is 25.8 Å². The SMILES string of the molecule is CCC(C)(CBr)CCS(=O)(=O)CC. The summed E-state index contributed by atoms with van der Waals surface area (Å²) in [5.41, 5.74) is 0.127. The molecule has 2 nitrogen and oxygen atoms in total. The Morgan fingerprint density at radius 3 is 2.15 bits per heavy atom. The molecule has 0 spiro atoms. The van der Waals surface area contributed by atoms with Crippen molar-refractivity contribution in [3.8, 4) is 0 Å². The first-order valence-electron chi connectivity index (χ1n) is 4.65. The molecule has 0 radical (unpaired) electrons. The van der Waals surface area contributed by atoms with Crippen LogP contribution in [0.4, 0.5) is 0 Å². The van der Waals surface area contributed by atoms with Crippen LogP contribution in [0.3, 0.4) is 0 Å². The van der Waals surface area contributed by atoms with Crippen molar-refractivity contribution < 1.29 is 8.42 Å². The predicted octanol–water partition coefficient (Wildman–Crippen LogP) is 2.62. The van der Waals surface area contributed by atoms with Crippen molar-refractivity contribution in [2.75, 3.05) is 16.8 Å². The molecule has 0 saturated heterocycles. The Morgan fingerprint density at radius 1 is 1.31 bits per heavy atom. The van der Waals surface area contributed by atoms with E-state index in [1.165, 1.54) is 0 Å². The zero-order valence-corrected chi connectivity index (χ0v) is 11.0. The molecule has 0 heterocycles. The zero-order chi connectivity index (χ0) is 10.5. The van der Waals surface area contributed by atoms with Crippen LogP contribution in [0.2, 0.25) is 0 Å². The first-order chi connectivity index (χ1) is 5.89. The van der Waals surface area contributed by atoms with Gasteiger partial charge in [-0.3, -0.25) is 0 Å². The van der Waals surface area contributed by atoms with Gasteiger partial charge in [0.25, 0.3) is 0 Å². The Labute approximate surface area is 90.2 Å². The number of hydrogen-bond acceptors (Lipinski definition) is 2. The highest BCUT2D eigenvalue weighted by Gasteiger charge is 2.22. The third kappa shape index (κ3) is 5.01. The Morgan fingerprint density at radius 2 is 1.85 bits per heavy atom. The maximum Gasteiger partial charge on any atom is 0.150 e. The van der Waals surface area contributed by atoms with E-state index < -0.39 is 9.84 Å². The fourth-order valence-corrected chi connectivity index (χ4v) is 2.65. The molecule has 80 valence electrons. The van der Waals surface area contributed by atoms with Crippen LogP contribution in [0.25, 0.3) is 0 Å². The highest BCUT2D eigenvalue weighted by Crippen LogP contribution is 2.28. The quantitative estimate of drug-likeness (QED) is 0.696. The molecular formula is C9H19BrO2S. The minimum atomic E-state index is -2.79. The molecule has 0 bridgehead atoms. The van der Waals surface area contributed by atoms with E-state index in [-0.39, 0.29) is 11.2 Å². The zero-order valence-electron chi connectivity index (χ0n) is 8.64. The van der Waals surface area contributed by atoms with Gasteiger partial charge in [0.1, 0.15) is 9.84 Å². The molecule has 0 amide bonds. The largest absolute Gasteiger partial charge is 0.229 e. The van der Waals surface area contributed by atoms with Crippen LogP contribution in [0.5, 0.6) is 0 Å². The van der Waals surface area contributed by atoms with Crippen LogP contribution in [-0.4, -0.2) is 25.3 Å². The molecule has 1 atom stereocenters. The van der Waals surface area contributed by atoms with Gasteiger partial charge in [-0.2, -0.15) is 0 Å². The summed E-state index contributed by atoms with van der Waals surface area (Å²) in [4.78, 5) is 0. The molecule has 0 aromatic heterocycles. The van der Waals surface area contributed by atoms with Crippen LogP contribution in [-0.2, 0) is 9.84 Å². The van der Waals surface area contributed by atoms with E-state index in [2.05, 4.69) is 29.8 Å². The van der Waals surface area contributed by atoms with E-state index in [0.29, 0.717) is 5.75 Å². The lowest BCUT2D eigenvalue weighted by Crippen LogP contribution is -2.22. The third-order valence-corrected chi connectivity index (χ3v) is 5.69. The Balaban J connectivity index is 4.15. The molecule has 0 rings (SSSR count). The molecule has 0 fully saturated rings. The van der Waals surface area contributed by atoms with Crippen LogP contribution in [0.15, 0.2) is 0 Å². The molecule has 0 aromatic carbocycles. The van der Waals surface area contributed by atoms with Gasteiger partial charge in [0.15, 0.2) is 0 Å². The van der Waals surface area contributed by atoms with Crippen molar-refractivity contribution in [2.24, 2.45) is 5.41 Å². The maximum atomic E-state index is 11.3. The van der Waals surface area contributed by atoms with Gasteiger partial charge in [0.2, 0.25) is 0 Å². The van der Waals surface area contributed by atoms with E-state index >= 15 is 0 Å². The van der Waals surface area contributed by atoms with Gasteiger partial charge < -0.3 is 0 Å². The summed E-state index contributed by atoms with van der Waals surface area (Å²) in [6.07, 6.45) is 1.77. The maximum absolute atomic E-state index is 11.3. The average molecular weight is 271 g/mol. The Hall–Kier alpha value is 0.430. The first kappa shape index (κ1) is 13.4. The van der Waals surface area contributed by atoms with Crippen molar-refractivity contribution in [1.82, 2.24) is 0 Å². The van der Waals surface area contributed by atoms with Crippen molar-refractivity contribution in [2.45, 2.75) is 33.6 Å². The van der Waals surface area contributed by atoms with Crippen LogP contribution in [0.1, 0.15) is 33.6 Å². The minimum absolute atomic E-state index is 0.127. The lowest BCUT2D eigenvalue weighted by Gasteiger charge is -2.25. The highest BCUT2D eigenvalue weighted by molar-refractivity contribution is 9.09. The molecule has 0 aliphatic heterocycles. The summed E-state index contributed by atoms with van der Waals surface area (Å²) in [6.45, 7) is 5.92. The van der Waals surface area contributed by atoms with E-state index in [9.17, 15) is 8.42 Å². The summed E-state index contributed by atoms with van der Waals surface area (Å²) in [6, 6.07) is 0. The van der Waals surface area contributed by atoms with Crippen LogP contribution >= 0.6 is 15.9 Å². The van der Waals surface area contributed by atoms with Crippen LogP contribution in [0, 0.1) is 5.41 Å². The second kappa shape index (κ2) is 5.35. The molecular weight excluding hydrogens is 252 g/mol. The number of alkyl halides is 1. The molecule has 0 aliphatic rings. The lowest BCUT2D eigenvalue weighted by molar-refractivity contribution is 0.350. The Bertz CT molecular complexity index is 230. The summed E-state index contributed by atoms with van der Waals surface area (Å²) < 4.78 is 22.5. The second-order valence-electron chi connectivity index (χ2n) is 3.78. The first-order valence-corrected chi connectivity index (χ1v) is 7.60. The standard InChI is InChI=1S/C9H19BrO2S/c1-4-9(3,8-10)6-7-13(11,12)5-2/h4-8H2,1-3H3. The second-order valence-corrected chi connectivity index (χ2v) is 6.82. The highest BCUT2D eigenvalue weighted by atomic mass is 79.9. The topological polar surface area (TPSA) is 34.1 Å². The molecule has 13 heavy (non-hydrogen) atoms. The van der Waals surface area contributed by atoms with Crippen molar-refractivity contribution in [3.63, 3.8) is 0 Å². The van der Waals surface area contributed by atoms with E-state index in [4.69, 9.17) is 0 Å². The Kier molecular flexibility index (Phi) is 5.52.